The van der Waals surface area contributed by atoms with Crippen LogP contribution >= 0.6 is 0 Å². The number of hydrogen-bond donors (Lipinski definition) is 1. The highest BCUT2D eigenvalue weighted by atomic mass is 16.5. The number of aliphatic carboxylic acids is 1. The lowest BCUT2D eigenvalue weighted by atomic mass is 10.2. The van der Waals surface area contributed by atoms with Crippen LogP contribution in [0.4, 0.5) is 4.79 Å². The zero-order valence-electron chi connectivity index (χ0n) is 12.7. The number of carboxylic acid groups (broad SMARTS) is 1. The molecule has 0 aromatic carbocycles. The molecule has 0 aromatic rings. The van der Waals surface area contributed by atoms with Crippen LogP contribution in [0.3, 0.4) is 0 Å². The molecule has 2 amide bonds. The van der Waals surface area contributed by atoms with E-state index in [-0.39, 0.29) is 25.0 Å². The predicted octanol–water partition coefficient (Wildman–Crippen LogP) is 1.65. The average Bonchev–Trinajstić information content (AvgIpc) is 3.23. The van der Waals surface area contributed by atoms with Crippen molar-refractivity contribution in [3.63, 3.8) is 0 Å². The molecule has 1 fully saturated rings. The summed E-state index contributed by atoms with van der Waals surface area (Å²) >= 11 is 0. The normalized spacial score (nSPS) is 15.8. The molecule has 1 rings (SSSR count). The number of carboxylic acids is 1. The van der Waals surface area contributed by atoms with Crippen LogP contribution in [0.25, 0.3) is 0 Å². The van der Waals surface area contributed by atoms with E-state index in [1.807, 2.05) is 11.8 Å². The first-order valence-corrected chi connectivity index (χ1v) is 7.27. The summed E-state index contributed by atoms with van der Waals surface area (Å²) < 4.78 is 5.08. The topological polar surface area (TPSA) is 70.1 Å². The van der Waals surface area contributed by atoms with Gasteiger partial charge in [-0.05, 0) is 32.6 Å². The lowest BCUT2D eigenvalue weighted by Gasteiger charge is -2.34. The summed E-state index contributed by atoms with van der Waals surface area (Å²) in [6, 6.07) is 0.113. The molecule has 0 radical (unpaired) electrons. The fourth-order valence-electron chi connectivity index (χ4n) is 2.30. The van der Waals surface area contributed by atoms with Gasteiger partial charge in [0, 0.05) is 32.8 Å². The van der Waals surface area contributed by atoms with Gasteiger partial charge in [0.05, 0.1) is 13.0 Å². The Kier molecular flexibility index (Phi) is 6.78. The molecule has 0 bridgehead atoms. The maximum absolute atomic E-state index is 12.6. The van der Waals surface area contributed by atoms with Crippen molar-refractivity contribution in [3.8, 4) is 0 Å². The van der Waals surface area contributed by atoms with Gasteiger partial charge in [-0.15, -0.1) is 0 Å². The van der Waals surface area contributed by atoms with Gasteiger partial charge in [-0.3, -0.25) is 4.79 Å². The Bertz CT molecular complexity index is 331. The van der Waals surface area contributed by atoms with Crippen molar-refractivity contribution in [2.45, 2.75) is 39.2 Å². The number of amides is 2. The van der Waals surface area contributed by atoms with E-state index in [4.69, 9.17) is 9.84 Å². The van der Waals surface area contributed by atoms with Crippen LogP contribution in [-0.2, 0) is 9.53 Å². The second-order valence-electron chi connectivity index (χ2n) is 5.27. The molecular formula is C14H26N2O4. The zero-order valence-corrected chi connectivity index (χ0v) is 12.7. The minimum atomic E-state index is -0.880. The van der Waals surface area contributed by atoms with Gasteiger partial charge >= 0.3 is 12.0 Å². The summed E-state index contributed by atoms with van der Waals surface area (Å²) in [4.78, 5) is 26.7. The maximum Gasteiger partial charge on any atom is 0.320 e. The molecule has 20 heavy (non-hydrogen) atoms. The molecule has 0 aromatic heterocycles. The third-order valence-electron chi connectivity index (χ3n) is 3.83. The quantitative estimate of drug-likeness (QED) is 0.699. The molecule has 0 aliphatic heterocycles. The third kappa shape index (κ3) is 5.00. The summed E-state index contributed by atoms with van der Waals surface area (Å²) in [6.07, 6.45) is 2.31. The second-order valence-corrected chi connectivity index (χ2v) is 5.27. The molecule has 6 nitrogen and oxygen atoms in total. The van der Waals surface area contributed by atoms with Crippen molar-refractivity contribution in [1.29, 1.82) is 0 Å². The Hall–Kier alpha value is -1.30. The highest BCUT2D eigenvalue weighted by Gasteiger charge is 2.35. The number of nitrogens with zero attached hydrogens (tertiary/aromatic N) is 2. The molecule has 1 N–H and O–H groups in total. The smallest absolute Gasteiger partial charge is 0.320 e. The number of urea groups is 1. The number of ether oxygens (including phenoxy) is 1. The van der Waals surface area contributed by atoms with Crippen LogP contribution in [0.2, 0.25) is 0 Å². The first-order valence-electron chi connectivity index (χ1n) is 7.27. The highest BCUT2D eigenvalue weighted by Crippen LogP contribution is 2.35. The van der Waals surface area contributed by atoms with Crippen molar-refractivity contribution >= 4 is 12.0 Å². The Morgan fingerprint density at radius 1 is 1.35 bits per heavy atom. The van der Waals surface area contributed by atoms with Crippen LogP contribution in [0.1, 0.15) is 33.1 Å². The van der Waals surface area contributed by atoms with Crippen molar-refractivity contribution in [2.24, 2.45) is 5.92 Å². The van der Waals surface area contributed by atoms with Crippen LogP contribution in [0.15, 0.2) is 0 Å². The number of carbonyl (C=O) groups is 2. The van der Waals surface area contributed by atoms with Gasteiger partial charge in [-0.2, -0.15) is 0 Å². The summed E-state index contributed by atoms with van der Waals surface area (Å²) in [6.45, 7) is 5.76. The molecule has 116 valence electrons. The molecule has 1 atom stereocenters. The van der Waals surface area contributed by atoms with E-state index >= 15 is 0 Å². The predicted molar refractivity (Wildman–Crippen MR) is 75.7 cm³/mol. The van der Waals surface area contributed by atoms with E-state index in [1.165, 1.54) is 12.8 Å². The van der Waals surface area contributed by atoms with Crippen LogP contribution in [-0.4, -0.2) is 66.3 Å². The highest BCUT2D eigenvalue weighted by molar-refractivity contribution is 5.76. The van der Waals surface area contributed by atoms with E-state index in [2.05, 4.69) is 6.92 Å². The number of methoxy groups -OCH3 is 1. The van der Waals surface area contributed by atoms with Gasteiger partial charge in [0.1, 0.15) is 0 Å². The van der Waals surface area contributed by atoms with Gasteiger partial charge in [0.15, 0.2) is 0 Å². The Labute approximate surface area is 120 Å². The second kappa shape index (κ2) is 8.09. The lowest BCUT2D eigenvalue weighted by Crippen LogP contribution is -2.49. The van der Waals surface area contributed by atoms with E-state index in [1.54, 1.807) is 12.0 Å². The van der Waals surface area contributed by atoms with Gasteiger partial charge in [-0.25, -0.2) is 4.79 Å². The Morgan fingerprint density at radius 2 is 2.00 bits per heavy atom. The minimum Gasteiger partial charge on any atom is -0.481 e. The molecule has 1 aliphatic carbocycles. The van der Waals surface area contributed by atoms with E-state index in [0.29, 0.717) is 25.6 Å². The van der Waals surface area contributed by atoms with Gasteiger partial charge in [0.25, 0.3) is 0 Å². The number of hydrogen-bond acceptors (Lipinski definition) is 3. The zero-order chi connectivity index (χ0) is 15.1. The van der Waals surface area contributed by atoms with Crippen LogP contribution in [0, 0.1) is 5.92 Å². The Morgan fingerprint density at radius 3 is 2.45 bits per heavy atom. The molecule has 0 heterocycles. The van der Waals surface area contributed by atoms with E-state index in [9.17, 15) is 9.59 Å². The summed E-state index contributed by atoms with van der Waals surface area (Å²) in [5.41, 5.74) is 0. The van der Waals surface area contributed by atoms with Crippen molar-refractivity contribution < 1.29 is 19.4 Å². The summed E-state index contributed by atoms with van der Waals surface area (Å²) in [7, 11) is 1.62. The SMILES string of the molecule is CCN(CCC(=O)O)C(=O)N(CCOC)C(C)C1CC1. The third-order valence-corrected chi connectivity index (χ3v) is 3.83. The van der Waals surface area contributed by atoms with Gasteiger partial charge < -0.3 is 19.6 Å². The first kappa shape index (κ1) is 16.8. The molecule has 1 aliphatic rings. The fourth-order valence-corrected chi connectivity index (χ4v) is 2.30. The minimum absolute atomic E-state index is 0.0183. The fraction of sp³-hybridized carbons (Fsp3) is 0.857. The standard InChI is InChI=1S/C14H26N2O4/c1-4-15(8-7-13(17)18)14(19)16(9-10-20-3)11(2)12-5-6-12/h11-12H,4-10H2,1-3H3,(H,17,18). The lowest BCUT2D eigenvalue weighted by molar-refractivity contribution is -0.137. The molecule has 6 heteroatoms. The monoisotopic (exact) mass is 286 g/mol. The van der Waals surface area contributed by atoms with Gasteiger partial charge in [-0.1, -0.05) is 0 Å². The largest absolute Gasteiger partial charge is 0.481 e. The molecular weight excluding hydrogens is 260 g/mol. The van der Waals surface area contributed by atoms with Crippen LogP contribution < -0.4 is 0 Å². The average molecular weight is 286 g/mol. The van der Waals surface area contributed by atoms with E-state index in [0.717, 1.165) is 0 Å². The summed E-state index contributed by atoms with van der Waals surface area (Å²) in [5.74, 6) is -0.302. The first-order chi connectivity index (χ1) is 9.51. The number of rotatable bonds is 9. The maximum atomic E-state index is 12.6. The molecule has 1 unspecified atom stereocenters. The Balaban J connectivity index is 2.65. The van der Waals surface area contributed by atoms with Gasteiger partial charge in [0.2, 0.25) is 0 Å². The van der Waals surface area contributed by atoms with Crippen molar-refractivity contribution in [3.05, 3.63) is 0 Å². The van der Waals surface area contributed by atoms with Crippen LogP contribution in [0.5, 0.6) is 0 Å². The van der Waals surface area contributed by atoms with Crippen molar-refractivity contribution in [1.82, 2.24) is 9.80 Å². The molecule has 1 saturated carbocycles. The molecule has 0 spiro atoms. The molecule has 0 saturated heterocycles. The van der Waals surface area contributed by atoms with E-state index < -0.39 is 5.97 Å². The number of carbonyl (C=O) groups excluding carboxylic acids is 1. The summed E-state index contributed by atoms with van der Waals surface area (Å²) in [5, 5.41) is 8.76. The van der Waals surface area contributed by atoms with Crippen molar-refractivity contribution in [2.75, 3.05) is 33.4 Å².